The van der Waals surface area contributed by atoms with E-state index < -0.39 is 0 Å². The number of rotatable bonds is 2. The fraction of sp³-hybridized carbons (Fsp3) is 0.455. The molecule has 0 saturated carbocycles. The fourth-order valence-electron chi connectivity index (χ4n) is 2.07. The molecular formula is C11H13N3O. The van der Waals surface area contributed by atoms with Crippen molar-refractivity contribution in [3.05, 3.63) is 35.8 Å². The first-order valence-corrected chi connectivity index (χ1v) is 5.37. The molecule has 0 bridgehead atoms. The van der Waals surface area contributed by atoms with Gasteiger partial charge in [-0.15, -0.1) is 10.2 Å². The maximum absolute atomic E-state index is 5.32. The van der Waals surface area contributed by atoms with Gasteiger partial charge in [0.05, 0.1) is 12.7 Å². The van der Waals surface area contributed by atoms with Gasteiger partial charge in [0.25, 0.3) is 0 Å². The Labute approximate surface area is 87.9 Å². The lowest BCUT2D eigenvalue weighted by Gasteiger charge is -2.13. The molecule has 4 nitrogen and oxygen atoms in total. The van der Waals surface area contributed by atoms with Crippen molar-refractivity contribution in [2.24, 2.45) is 0 Å². The van der Waals surface area contributed by atoms with Crippen molar-refractivity contribution < 1.29 is 4.42 Å². The van der Waals surface area contributed by atoms with Gasteiger partial charge >= 0.3 is 0 Å². The van der Waals surface area contributed by atoms with Crippen LogP contribution in [0.25, 0.3) is 0 Å². The molecule has 1 aliphatic heterocycles. The van der Waals surface area contributed by atoms with Crippen molar-refractivity contribution in [1.29, 1.82) is 0 Å². The fourth-order valence-corrected chi connectivity index (χ4v) is 2.07. The molecule has 0 fully saturated rings. The highest BCUT2D eigenvalue weighted by Gasteiger charge is 2.16. The second-order valence-corrected chi connectivity index (χ2v) is 3.90. The highest BCUT2D eigenvalue weighted by molar-refractivity contribution is 5.09. The van der Waals surface area contributed by atoms with Crippen LogP contribution in [0.15, 0.2) is 22.8 Å². The summed E-state index contributed by atoms with van der Waals surface area (Å²) in [7, 11) is 0. The Morgan fingerprint density at radius 3 is 3.20 bits per heavy atom. The van der Waals surface area contributed by atoms with Crippen LogP contribution >= 0.6 is 0 Å². The highest BCUT2D eigenvalue weighted by Crippen LogP contribution is 2.16. The number of hydrogen-bond acceptors (Lipinski definition) is 3. The Kier molecular flexibility index (Phi) is 2.05. The monoisotopic (exact) mass is 203 g/mol. The van der Waals surface area contributed by atoms with E-state index in [1.165, 1.54) is 12.8 Å². The van der Waals surface area contributed by atoms with Crippen molar-refractivity contribution in [1.82, 2.24) is 14.8 Å². The third-order valence-electron chi connectivity index (χ3n) is 2.85. The Hall–Kier alpha value is -1.58. The zero-order valence-electron chi connectivity index (χ0n) is 8.52. The minimum absolute atomic E-state index is 0.750. The Balaban J connectivity index is 1.89. The van der Waals surface area contributed by atoms with Crippen LogP contribution in [0.3, 0.4) is 0 Å². The molecule has 3 rings (SSSR count). The lowest BCUT2D eigenvalue weighted by Crippen LogP contribution is -2.13. The van der Waals surface area contributed by atoms with Crippen molar-refractivity contribution in [3.63, 3.8) is 0 Å². The van der Waals surface area contributed by atoms with Gasteiger partial charge < -0.3 is 8.98 Å². The van der Waals surface area contributed by atoms with E-state index in [1.54, 1.807) is 6.26 Å². The zero-order chi connectivity index (χ0) is 10.1. The summed E-state index contributed by atoms with van der Waals surface area (Å²) in [6, 6.07) is 3.88. The van der Waals surface area contributed by atoms with Gasteiger partial charge in [-0.05, 0) is 25.0 Å². The molecule has 15 heavy (non-hydrogen) atoms. The summed E-state index contributed by atoms with van der Waals surface area (Å²) in [6.07, 6.45) is 5.98. The number of nitrogens with zero attached hydrogens (tertiary/aromatic N) is 3. The predicted molar refractivity (Wildman–Crippen MR) is 54.5 cm³/mol. The first kappa shape index (κ1) is 8.71. The van der Waals surface area contributed by atoms with Crippen molar-refractivity contribution in [2.75, 3.05) is 0 Å². The molecule has 0 N–H and O–H groups in total. The number of fused-ring (bicyclic) bond motifs is 1. The Morgan fingerprint density at radius 1 is 1.33 bits per heavy atom. The van der Waals surface area contributed by atoms with E-state index in [4.69, 9.17) is 4.42 Å². The smallest absolute Gasteiger partial charge is 0.140 e. The normalized spacial score (nSPS) is 15.2. The molecular weight excluding hydrogens is 190 g/mol. The summed E-state index contributed by atoms with van der Waals surface area (Å²) in [4.78, 5) is 0. The van der Waals surface area contributed by atoms with Gasteiger partial charge in [0.15, 0.2) is 0 Å². The molecule has 0 amide bonds. The van der Waals surface area contributed by atoms with Crippen LogP contribution < -0.4 is 0 Å². The molecule has 3 heterocycles. The van der Waals surface area contributed by atoms with Crippen molar-refractivity contribution in [3.8, 4) is 0 Å². The molecule has 2 aromatic heterocycles. The quantitative estimate of drug-likeness (QED) is 0.747. The highest BCUT2D eigenvalue weighted by atomic mass is 16.3. The topological polar surface area (TPSA) is 43.9 Å². The van der Waals surface area contributed by atoms with Crippen LogP contribution in [-0.4, -0.2) is 14.8 Å². The largest absolute Gasteiger partial charge is 0.469 e. The minimum atomic E-state index is 0.750. The third kappa shape index (κ3) is 1.56. The molecule has 0 spiro atoms. The van der Waals surface area contributed by atoms with Gasteiger partial charge in [-0.2, -0.15) is 0 Å². The van der Waals surface area contributed by atoms with E-state index in [0.29, 0.717) is 0 Å². The number of aromatic nitrogens is 3. The average molecular weight is 203 g/mol. The van der Waals surface area contributed by atoms with E-state index in [1.807, 2.05) is 12.1 Å². The summed E-state index contributed by atoms with van der Waals surface area (Å²) in [6.45, 7) is 1.05. The molecule has 0 unspecified atom stereocenters. The van der Waals surface area contributed by atoms with Gasteiger partial charge in [-0.3, -0.25) is 0 Å². The lowest BCUT2D eigenvalue weighted by molar-refractivity contribution is 0.488. The van der Waals surface area contributed by atoms with Gasteiger partial charge in [0.1, 0.15) is 17.4 Å². The number of furan rings is 1. The molecule has 0 saturated heterocycles. The van der Waals surface area contributed by atoms with Crippen molar-refractivity contribution in [2.45, 2.75) is 32.2 Å². The van der Waals surface area contributed by atoms with E-state index in [-0.39, 0.29) is 0 Å². The Bertz CT molecular complexity index is 444. The summed E-state index contributed by atoms with van der Waals surface area (Å²) in [5.41, 5.74) is 0. The molecule has 4 heteroatoms. The minimum Gasteiger partial charge on any atom is -0.469 e. The summed E-state index contributed by atoms with van der Waals surface area (Å²) >= 11 is 0. The lowest BCUT2D eigenvalue weighted by atomic mass is 10.1. The summed E-state index contributed by atoms with van der Waals surface area (Å²) in [5.74, 6) is 3.11. The maximum Gasteiger partial charge on any atom is 0.140 e. The van der Waals surface area contributed by atoms with Gasteiger partial charge in [0, 0.05) is 13.0 Å². The van der Waals surface area contributed by atoms with E-state index >= 15 is 0 Å². The molecule has 1 aliphatic rings. The molecule has 78 valence electrons. The van der Waals surface area contributed by atoms with E-state index in [9.17, 15) is 0 Å². The number of aryl methyl sites for hydroxylation is 1. The standard InChI is InChI=1S/C11H13N3O/c1-2-6-14-10(5-1)12-13-11(14)8-9-4-3-7-15-9/h3-4,7H,1-2,5-6,8H2. The molecule has 0 radical (unpaired) electrons. The average Bonchev–Trinajstić information content (AvgIpc) is 2.89. The molecule has 0 atom stereocenters. The molecule has 0 aromatic carbocycles. The van der Waals surface area contributed by atoms with Crippen molar-refractivity contribution >= 4 is 0 Å². The van der Waals surface area contributed by atoms with Crippen LogP contribution in [0.1, 0.15) is 30.3 Å². The van der Waals surface area contributed by atoms with Crippen LogP contribution in [0.5, 0.6) is 0 Å². The van der Waals surface area contributed by atoms with Crippen LogP contribution in [0, 0.1) is 0 Å². The van der Waals surface area contributed by atoms with E-state index in [2.05, 4.69) is 14.8 Å². The second-order valence-electron chi connectivity index (χ2n) is 3.90. The van der Waals surface area contributed by atoms with Crippen LogP contribution in [0.2, 0.25) is 0 Å². The predicted octanol–water partition coefficient (Wildman–Crippen LogP) is 1.80. The van der Waals surface area contributed by atoms with Crippen LogP contribution in [0.4, 0.5) is 0 Å². The van der Waals surface area contributed by atoms with Gasteiger partial charge in [0.2, 0.25) is 0 Å². The molecule has 0 aliphatic carbocycles. The third-order valence-corrected chi connectivity index (χ3v) is 2.85. The maximum atomic E-state index is 5.32. The second kappa shape index (κ2) is 3.53. The first-order valence-electron chi connectivity index (χ1n) is 5.37. The summed E-state index contributed by atoms with van der Waals surface area (Å²) < 4.78 is 7.54. The van der Waals surface area contributed by atoms with Gasteiger partial charge in [-0.25, -0.2) is 0 Å². The first-order chi connectivity index (χ1) is 7.43. The SMILES string of the molecule is c1coc(Cc2nnc3n2CCCC3)c1. The summed E-state index contributed by atoms with van der Waals surface area (Å²) in [5, 5.41) is 8.43. The number of hydrogen-bond donors (Lipinski definition) is 0. The molecule has 2 aromatic rings. The zero-order valence-corrected chi connectivity index (χ0v) is 8.52. The van der Waals surface area contributed by atoms with Crippen LogP contribution in [-0.2, 0) is 19.4 Å². The van der Waals surface area contributed by atoms with Gasteiger partial charge in [-0.1, -0.05) is 0 Å². The van der Waals surface area contributed by atoms with E-state index in [0.717, 1.165) is 36.8 Å². The Morgan fingerprint density at radius 2 is 2.33 bits per heavy atom.